The summed E-state index contributed by atoms with van der Waals surface area (Å²) in [4.78, 5) is 11.8. The maximum Gasteiger partial charge on any atom is 0.277 e. The number of nitrogens with one attached hydrogen (secondary N) is 1. The number of carbonyl (C=O) groups excluding carboxylic acids is 1. The number of hydrazone groups is 1. The van der Waals surface area contributed by atoms with Gasteiger partial charge in [-0.1, -0.05) is 18.5 Å². The SMILES string of the molecule is CCC1CCC/C1=N\NC(=O)COc1cc(C)c(Cl)c(C)c1. The predicted molar refractivity (Wildman–Crippen MR) is 89.6 cm³/mol. The lowest BCUT2D eigenvalue weighted by atomic mass is 10.0. The van der Waals surface area contributed by atoms with Gasteiger partial charge in [0.25, 0.3) is 5.91 Å². The molecule has 1 aliphatic carbocycles. The minimum atomic E-state index is -0.237. The lowest BCUT2D eigenvalue weighted by Crippen LogP contribution is -2.26. The van der Waals surface area contributed by atoms with E-state index in [1.54, 1.807) is 0 Å². The second kappa shape index (κ2) is 7.63. The largest absolute Gasteiger partial charge is 0.484 e. The standard InChI is InChI=1S/C17H23ClN2O2/c1-4-13-6-5-7-15(13)19-20-16(21)10-22-14-8-11(2)17(18)12(3)9-14/h8-9,13H,4-7,10H2,1-3H3,(H,20,21)/b19-15+. The number of hydrogen-bond donors (Lipinski definition) is 1. The molecule has 0 aromatic heterocycles. The minimum absolute atomic E-state index is 0.0475. The Morgan fingerprint density at radius 2 is 2.09 bits per heavy atom. The molecule has 1 aromatic carbocycles. The van der Waals surface area contributed by atoms with Crippen LogP contribution < -0.4 is 10.2 Å². The topological polar surface area (TPSA) is 50.7 Å². The first-order valence-corrected chi connectivity index (χ1v) is 8.14. The summed E-state index contributed by atoms with van der Waals surface area (Å²) in [6.07, 6.45) is 4.39. The molecule has 1 atom stereocenters. The molecular formula is C17H23ClN2O2. The van der Waals surface area contributed by atoms with E-state index >= 15 is 0 Å². The van der Waals surface area contributed by atoms with Gasteiger partial charge in [0.15, 0.2) is 6.61 Å². The maximum absolute atomic E-state index is 11.8. The summed E-state index contributed by atoms with van der Waals surface area (Å²) in [5.41, 5.74) is 5.58. The highest BCUT2D eigenvalue weighted by atomic mass is 35.5. The number of rotatable bonds is 5. The maximum atomic E-state index is 11.8. The van der Waals surface area contributed by atoms with Crippen LogP contribution in [-0.4, -0.2) is 18.2 Å². The van der Waals surface area contributed by atoms with Crippen molar-refractivity contribution in [1.82, 2.24) is 5.43 Å². The molecule has 0 radical (unpaired) electrons. The Morgan fingerprint density at radius 1 is 1.41 bits per heavy atom. The number of benzene rings is 1. The third-order valence-electron chi connectivity index (χ3n) is 4.05. The molecule has 120 valence electrons. The monoisotopic (exact) mass is 322 g/mol. The molecule has 0 aliphatic heterocycles. The van der Waals surface area contributed by atoms with Crippen molar-refractivity contribution in [2.45, 2.75) is 46.5 Å². The van der Waals surface area contributed by atoms with Gasteiger partial charge in [-0.2, -0.15) is 5.10 Å². The highest BCUT2D eigenvalue weighted by molar-refractivity contribution is 6.32. The average molecular weight is 323 g/mol. The van der Waals surface area contributed by atoms with Crippen LogP contribution in [0.4, 0.5) is 0 Å². The van der Waals surface area contributed by atoms with E-state index in [4.69, 9.17) is 16.3 Å². The fourth-order valence-corrected chi connectivity index (χ4v) is 2.90. The summed E-state index contributed by atoms with van der Waals surface area (Å²) in [5.74, 6) is 0.928. The van der Waals surface area contributed by atoms with Crippen LogP contribution in [-0.2, 0) is 4.79 Å². The minimum Gasteiger partial charge on any atom is -0.484 e. The number of ether oxygens (including phenoxy) is 1. The first kappa shape index (κ1) is 16.8. The first-order chi connectivity index (χ1) is 10.5. The predicted octanol–water partition coefficient (Wildman–Crippen LogP) is 4.02. The van der Waals surface area contributed by atoms with Crippen molar-refractivity contribution in [3.63, 3.8) is 0 Å². The Bertz CT molecular complexity index is 561. The van der Waals surface area contributed by atoms with Gasteiger partial charge in [-0.05, 0) is 68.7 Å². The second-order valence-electron chi connectivity index (χ2n) is 5.80. The number of amides is 1. The van der Waals surface area contributed by atoms with Crippen molar-refractivity contribution < 1.29 is 9.53 Å². The van der Waals surface area contributed by atoms with Gasteiger partial charge in [0.05, 0.1) is 0 Å². The molecule has 0 heterocycles. The molecule has 1 unspecified atom stereocenters. The van der Waals surface area contributed by atoms with E-state index in [1.165, 1.54) is 6.42 Å². The van der Waals surface area contributed by atoms with E-state index in [9.17, 15) is 4.79 Å². The normalized spacial score (nSPS) is 19.5. The third-order valence-corrected chi connectivity index (χ3v) is 4.65. The fraction of sp³-hybridized carbons (Fsp3) is 0.529. The van der Waals surface area contributed by atoms with E-state index < -0.39 is 0 Å². The molecule has 1 aromatic rings. The van der Waals surface area contributed by atoms with Crippen LogP contribution >= 0.6 is 11.6 Å². The lowest BCUT2D eigenvalue weighted by Gasteiger charge is -2.10. The Kier molecular flexibility index (Phi) is 5.83. The van der Waals surface area contributed by atoms with E-state index in [0.29, 0.717) is 11.7 Å². The summed E-state index contributed by atoms with van der Waals surface area (Å²) in [5, 5.41) is 4.98. The van der Waals surface area contributed by atoms with E-state index in [2.05, 4.69) is 17.5 Å². The van der Waals surface area contributed by atoms with Gasteiger partial charge in [0.1, 0.15) is 5.75 Å². The van der Waals surface area contributed by atoms with E-state index in [-0.39, 0.29) is 12.5 Å². The number of halogens is 1. The van der Waals surface area contributed by atoms with Crippen LogP contribution in [0.3, 0.4) is 0 Å². The lowest BCUT2D eigenvalue weighted by molar-refractivity contribution is -0.123. The summed E-state index contributed by atoms with van der Waals surface area (Å²) < 4.78 is 5.51. The van der Waals surface area contributed by atoms with Crippen LogP contribution in [0.1, 0.15) is 43.7 Å². The molecule has 5 heteroatoms. The van der Waals surface area contributed by atoms with Gasteiger partial charge in [-0.25, -0.2) is 5.43 Å². The van der Waals surface area contributed by atoms with E-state index in [0.717, 1.165) is 41.1 Å². The molecule has 2 rings (SSSR count). The molecule has 22 heavy (non-hydrogen) atoms. The zero-order valence-corrected chi connectivity index (χ0v) is 14.2. The molecule has 4 nitrogen and oxygen atoms in total. The number of hydrogen-bond acceptors (Lipinski definition) is 3. The van der Waals surface area contributed by atoms with Crippen molar-refractivity contribution in [1.29, 1.82) is 0 Å². The Morgan fingerprint density at radius 3 is 2.73 bits per heavy atom. The Hall–Kier alpha value is -1.55. The number of aryl methyl sites for hydroxylation is 2. The summed E-state index contributed by atoms with van der Waals surface area (Å²) in [6.45, 7) is 5.94. The quantitative estimate of drug-likeness (QED) is 0.832. The van der Waals surface area contributed by atoms with Gasteiger partial charge in [-0.15, -0.1) is 0 Å². The molecular weight excluding hydrogens is 300 g/mol. The zero-order valence-electron chi connectivity index (χ0n) is 13.4. The molecule has 0 spiro atoms. The van der Waals surface area contributed by atoms with Crippen LogP contribution in [0, 0.1) is 19.8 Å². The molecule has 1 N–H and O–H groups in total. The van der Waals surface area contributed by atoms with Crippen molar-refractivity contribution in [2.24, 2.45) is 11.0 Å². The van der Waals surface area contributed by atoms with E-state index in [1.807, 2.05) is 26.0 Å². The van der Waals surface area contributed by atoms with Gasteiger partial charge in [-0.3, -0.25) is 4.79 Å². The highest BCUT2D eigenvalue weighted by Gasteiger charge is 2.20. The summed E-state index contributed by atoms with van der Waals surface area (Å²) in [6, 6.07) is 3.66. The smallest absolute Gasteiger partial charge is 0.277 e. The van der Waals surface area contributed by atoms with Crippen LogP contribution in [0.25, 0.3) is 0 Å². The van der Waals surface area contributed by atoms with Crippen LogP contribution in [0.15, 0.2) is 17.2 Å². The summed E-state index contributed by atoms with van der Waals surface area (Å²) >= 11 is 6.11. The third kappa shape index (κ3) is 4.23. The number of nitrogens with zero attached hydrogens (tertiary/aromatic N) is 1. The van der Waals surface area contributed by atoms with Crippen molar-refractivity contribution in [2.75, 3.05) is 6.61 Å². The van der Waals surface area contributed by atoms with Gasteiger partial charge in [0.2, 0.25) is 0 Å². The fourth-order valence-electron chi connectivity index (χ4n) is 2.79. The van der Waals surface area contributed by atoms with Crippen molar-refractivity contribution >= 4 is 23.2 Å². The van der Waals surface area contributed by atoms with Gasteiger partial charge < -0.3 is 4.74 Å². The summed E-state index contributed by atoms with van der Waals surface area (Å²) in [7, 11) is 0. The molecule has 1 amide bonds. The number of carbonyl (C=O) groups is 1. The highest BCUT2D eigenvalue weighted by Crippen LogP contribution is 2.26. The molecule has 1 saturated carbocycles. The van der Waals surface area contributed by atoms with Gasteiger partial charge in [0, 0.05) is 10.7 Å². The average Bonchev–Trinajstić information content (AvgIpc) is 2.95. The molecule has 1 aliphatic rings. The zero-order chi connectivity index (χ0) is 16.1. The van der Waals surface area contributed by atoms with Crippen molar-refractivity contribution in [3.8, 4) is 5.75 Å². The second-order valence-corrected chi connectivity index (χ2v) is 6.17. The van der Waals surface area contributed by atoms with Crippen LogP contribution in [0.2, 0.25) is 5.02 Å². The van der Waals surface area contributed by atoms with Gasteiger partial charge >= 0.3 is 0 Å². The van der Waals surface area contributed by atoms with Crippen LogP contribution in [0.5, 0.6) is 5.75 Å². The Balaban J connectivity index is 1.87. The Labute approximate surface area is 136 Å². The molecule has 0 bridgehead atoms. The molecule has 0 saturated heterocycles. The first-order valence-electron chi connectivity index (χ1n) is 7.76. The molecule has 1 fully saturated rings. The van der Waals surface area contributed by atoms with Crippen molar-refractivity contribution in [3.05, 3.63) is 28.3 Å².